The first-order valence-electron chi connectivity index (χ1n) is 9.90. The molecule has 0 spiro atoms. The van der Waals surface area contributed by atoms with Crippen molar-refractivity contribution in [2.45, 2.75) is 26.8 Å². The summed E-state index contributed by atoms with van der Waals surface area (Å²) in [5.41, 5.74) is 2.34. The summed E-state index contributed by atoms with van der Waals surface area (Å²) in [4.78, 5) is 42.9. The van der Waals surface area contributed by atoms with Crippen LogP contribution >= 0.6 is 0 Å². The number of carbonyl (C=O) groups is 3. The molecule has 1 fully saturated rings. The van der Waals surface area contributed by atoms with Gasteiger partial charge in [0.2, 0.25) is 11.8 Å². The zero-order valence-electron chi connectivity index (χ0n) is 17.8. The fraction of sp³-hybridized carbons (Fsp3) is 0.348. The molecule has 1 aliphatic heterocycles. The van der Waals surface area contributed by atoms with Crippen LogP contribution in [0.2, 0.25) is 0 Å². The Kier molecular flexibility index (Phi) is 6.40. The fourth-order valence-electron chi connectivity index (χ4n) is 3.30. The van der Waals surface area contributed by atoms with E-state index in [1.807, 2.05) is 45.0 Å². The lowest BCUT2D eigenvalue weighted by Crippen LogP contribution is -2.45. The number of carbonyl (C=O) groups excluding carboxylic acids is 3. The van der Waals surface area contributed by atoms with Crippen LogP contribution in [0, 0.1) is 6.92 Å². The Morgan fingerprint density at radius 1 is 1.07 bits per heavy atom. The lowest BCUT2D eigenvalue weighted by molar-refractivity contribution is -0.132. The highest BCUT2D eigenvalue weighted by Gasteiger charge is 2.33. The van der Waals surface area contributed by atoms with Crippen LogP contribution in [0.5, 0.6) is 5.75 Å². The minimum atomic E-state index is -0.256. The van der Waals surface area contributed by atoms with Crippen molar-refractivity contribution < 1.29 is 19.1 Å². The van der Waals surface area contributed by atoms with E-state index in [0.29, 0.717) is 11.3 Å². The van der Waals surface area contributed by atoms with Gasteiger partial charge in [-0.2, -0.15) is 0 Å². The second-order valence-corrected chi connectivity index (χ2v) is 7.65. The van der Waals surface area contributed by atoms with Gasteiger partial charge >= 0.3 is 0 Å². The SMILES string of the molecule is COc1ccc(C(=O)N(CC(=O)N2CC(=O)N(c3ccc(C)cc3)C2)C(C)C)cc1. The number of nitrogens with zero attached hydrogens (tertiary/aromatic N) is 3. The van der Waals surface area contributed by atoms with Gasteiger partial charge in [-0.25, -0.2) is 0 Å². The van der Waals surface area contributed by atoms with Gasteiger partial charge in [0, 0.05) is 17.3 Å². The molecule has 0 N–H and O–H groups in total. The Labute approximate surface area is 176 Å². The van der Waals surface area contributed by atoms with Gasteiger partial charge in [-0.15, -0.1) is 0 Å². The van der Waals surface area contributed by atoms with Gasteiger partial charge < -0.3 is 14.5 Å². The molecule has 7 nitrogen and oxygen atoms in total. The molecule has 0 radical (unpaired) electrons. The topological polar surface area (TPSA) is 70.2 Å². The maximum absolute atomic E-state index is 13.0. The van der Waals surface area contributed by atoms with Crippen LogP contribution in [0.3, 0.4) is 0 Å². The Bertz CT molecular complexity index is 922. The Morgan fingerprint density at radius 3 is 2.27 bits per heavy atom. The van der Waals surface area contributed by atoms with Crippen molar-refractivity contribution in [2.75, 3.05) is 31.8 Å². The predicted molar refractivity (Wildman–Crippen MR) is 114 cm³/mol. The molecule has 7 heteroatoms. The number of methoxy groups -OCH3 is 1. The first kappa shape index (κ1) is 21.4. The summed E-state index contributed by atoms with van der Waals surface area (Å²) in [6.45, 7) is 5.81. The molecule has 0 saturated carbocycles. The second-order valence-electron chi connectivity index (χ2n) is 7.65. The Morgan fingerprint density at radius 2 is 1.70 bits per heavy atom. The van der Waals surface area contributed by atoms with E-state index in [9.17, 15) is 14.4 Å². The average molecular weight is 409 g/mol. The molecule has 0 atom stereocenters. The van der Waals surface area contributed by atoms with Crippen LogP contribution in [-0.4, -0.2) is 60.4 Å². The standard InChI is InChI=1S/C23H27N3O4/c1-16(2)25(23(29)18-7-11-20(30-4)12-8-18)14-21(27)24-13-22(28)26(15-24)19-9-5-17(3)6-10-19/h5-12,16H,13-15H2,1-4H3. The highest BCUT2D eigenvalue weighted by Crippen LogP contribution is 2.21. The first-order chi connectivity index (χ1) is 14.3. The number of ether oxygens (including phenoxy) is 1. The predicted octanol–water partition coefficient (Wildman–Crippen LogP) is 2.69. The quantitative estimate of drug-likeness (QED) is 0.736. The minimum Gasteiger partial charge on any atom is -0.497 e. The van der Waals surface area contributed by atoms with E-state index in [1.165, 1.54) is 9.80 Å². The minimum absolute atomic E-state index is 0.00930. The molecule has 2 aromatic carbocycles. The van der Waals surface area contributed by atoms with Gasteiger partial charge in [0.05, 0.1) is 7.11 Å². The van der Waals surface area contributed by atoms with Crippen molar-refractivity contribution >= 4 is 23.4 Å². The van der Waals surface area contributed by atoms with E-state index in [1.54, 1.807) is 36.3 Å². The summed E-state index contributed by atoms with van der Waals surface area (Å²) < 4.78 is 5.13. The van der Waals surface area contributed by atoms with Crippen LogP contribution in [0.4, 0.5) is 5.69 Å². The Hall–Kier alpha value is -3.35. The van der Waals surface area contributed by atoms with Gasteiger partial charge in [0.25, 0.3) is 5.91 Å². The third-order valence-electron chi connectivity index (χ3n) is 5.16. The maximum atomic E-state index is 13.0. The van der Waals surface area contributed by atoms with Gasteiger partial charge in [-0.3, -0.25) is 19.3 Å². The Balaban J connectivity index is 1.69. The van der Waals surface area contributed by atoms with Crippen LogP contribution in [0.1, 0.15) is 29.8 Å². The van der Waals surface area contributed by atoms with E-state index < -0.39 is 0 Å². The van der Waals surface area contributed by atoms with Gasteiger partial charge in [-0.05, 0) is 57.2 Å². The molecule has 0 unspecified atom stereocenters. The molecule has 0 bridgehead atoms. The lowest BCUT2D eigenvalue weighted by atomic mass is 10.1. The van der Waals surface area contributed by atoms with E-state index in [2.05, 4.69) is 0 Å². The number of benzene rings is 2. The molecular formula is C23H27N3O4. The molecular weight excluding hydrogens is 382 g/mol. The van der Waals surface area contributed by atoms with Crippen molar-refractivity contribution in [1.29, 1.82) is 0 Å². The van der Waals surface area contributed by atoms with Crippen LogP contribution in [0.15, 0.2) is 48.5 Å². The van der Waals surface area contributed by atoms with Crippen LogP contribution in [0.25, 0.3) is 0 Å². The normalized spacial score (nSPS) is 13.7. The molecule has 1 aliphatic rings. The molecule has 3 rings (SSSR count). The second kappa shape index (κ2) is 8.98. The molecule has 0 aromatic heterocycles. The molecule has 1 saturated heterocycles. The molecule has 30 heavy (non-hydrogen) atoms. The first-order valence-corrected chi connectivity index (χ1v) is 9.90. The maximum Gasteiger partial charge on any atom is 0.254 e. The fourth-order valence-corrected chi connectivity index (χ4v) is 3.30. The molecule has 0 aliphatic carbocycles. The van der Waals surface area contributed by atoms with Crippen molar-refractivity contribution in [1.82, 2.24) is 9.80 Å². The number of hydrogen-bond donors (Lipinski definition) is 0. The number of amides is 3. The zero-order valence-corrected chi connectivity index (χ0v) is 17.8. The smallest absolute Gasteiger partial charge is 0.254 e. The van der Waals surface area contributed by atoms with E-state index in [0.717, 1.165) is 11.3 Å². The summed E-state index contributed by atoms with van der Waals surface area (Å²) in [6.07, 6.45) is 0. The largest absolute Gasteiger partial charge is 0.497 e. The van der Waals surface area contributed by atoms with E-state index in [-0.39, 0.29) is 43.5 Å². The summed E-state index contributed by atoms with van der Waals surface area (Å²) in [5.74, 6) is 0.0331. The van der Waals surface area contributed by atoms with Gasteiger partial charge in [0.1, 0.15) is 25.5 Å². The number of rotatable bonds is 6. The van der Waals surface area contributed by atoms with E-state index >= 15 is 0 Å². The average Bonchev–Trinajstić information content (AvgIpc) is 3.13. The number of anilines is 1. The van der Waals surface area contributed by atoms with Crippen LogP contribution < -0.4 is 9.64 Å². The highest BCUT2D eigenvalue weighted by atomic mass is 16.5. The summed E-state index contributed by atoms with van der Waals surface area (Å²) in [5, 5.41) is 0. The monoisotopic (exact) mass is 409 g/mol. The molecule has 2 aromatic rings. The van der Waals surface area contributed by atoms with Crippen molar-refractivity contribution in [3.8, 4) is 5.75 Å². The van der Waals surface area contributed by atoms with Crippen molar-refractivity contribution in [3.63, 3.8) is 0 Å². The third-order valence-corrected chi connectivity index (χ3v) is 5.16. The molecule has 1 heterocycles. The van der Waals surface area contributed by atoms with Gasteiger partial charge in [0.15, 0.2) is 0 Å². The van der Waals surface area contributed by atoms with Crippen molar-refractivity contribution in [3.05, 3.63) is 59.7 Å². The number of hydrogen-bond acceptors (Lipinski definition) is 4. The summed E-state index contributed by atoms with van der Waals surface area (Å²) >= 11 is 0. The lowest BCUT2D eigenvalue weighted by Gasteiger charge is -2.28. The van der Waals surface area contributed by atoms with E-state index in [4.69, 9.17) is 4.74 Å². The number of aryl methyl sites for hydroxylation is 1. The van der Waals surface area contributed by atoms with Gasteiger partial charge in [-0.1, -0.05) is 17.7 Å². The molecule has 3 amide bonds. The highest BCUT2D eigenvalue weighted by molar-refractivity contribution is 6.01. The zero-order chi connectivity index (χ0) is 21.8. The molecule has 158 valence electrons. The summed E-state index contributed by atoms with van der Waals surface area (Å²) in [7, 11) is 1.56. The third kappa shape index (κ3) is 4.62. The van der Waals surface area contributed by atoms with Crippen molar-refractivity contribution in [2.24, 2.45) is 0 Å². The van der Waals surface area contributed by atoms with Crippen LogP contribution in [-0.2, 0) is 9.59 Å². The summed E-state index contributed by atoms with van der Waals surface area (Å²) in [6, 6.07) is 14.2.